The number of amides is 4. The van der Waals surface area contributed by atoms with Crippen LogP contribution in [0.25, 0.3) is 0 Å². The van der Waals surface area contributed by atoms with Gasteiger partial charge in [-0.2, -0.15) is 0 Å². The lowest BCUT2D eigenvalue weighted by molar-refractivity contribution is -0.408. The smallest absolute Gasteiger partial charge is 0.326 e. The van der Waals surface area contributed by atoms with Crippen molar-refractivity contribution in [1.82, 2.24) is 30.8 Å². The fourth-order valence-electron chi connectivity index (χ4n) is 4.44. The molecule has 0 aliphatic carbocycles. The topological polar surface area (TPSA) is 286 Å². The van der Waals surface area contributed by atoms with Gasteiger partial charge >= 0.3 is 11.9 Å². The molecule has 1 fully saturated rings. The summed E-state index contributed by atoms with van der Waals surface area (Å²) in [5.41, 5.74) is 8.19. The summed E-state index contributed by atoms with van der Waals surface area (Å²) in [7, 11) is 0. The van der Waals surface area contributed by atoms with E-state index in [1.807, 2.05) is 5.32 Å². The fraction of sp³-hybridized carbons (Fsp3) is 0.625. The second-order valence-electron chi connectivity index (χ2n) is 9.82. The fourth-order valence-corrected chi connectivity index (χ4v) is 4.44. The molecule has 13 N–H and O–H groups in total. The summed E-state index contributed by atoms with van der Waals surface area (Å²) in [6.45, 7) is 0.172. The Kier molecular flexibility index (Phi) is 13.1. The van der Waals surface area contributed by atoms with Gasteiger partial charge in [-0.25, -0.2) is 9.78 Å². The number of nitrogens with zero attached hydrogens (tertiary/aromatic N) is 2. The molecule has 1 aromatic heterocycles. The average Bonchev–Trinajstić information content (AvgIpc) is 3.62. The summed E-state index contributed by atoms with van der Waals surface area (Å²) in [4.78, 5) is 82.5. The van der Waals surface area contributed by atoms with Gasteiger partial charge in [0.25, 0.3) is 5.91 Å². The number of hydrogen-bond donors (Lipinski definition) is 9. The first kappa shape index (κ1) is 33.1. The van der Waals surface area contributed by atoms with Gasteiger partial charge in [0.1, 0.15) is 24.2 Å². The molecular weight excluding hydrogens is 544 g/mol. The second kappa shape index (κ2) is 16.2. The number of imidazole rings is 1. The van der Waals surface area contributed by atoms with E-state index in [0.29, 0.717) is 31.5 Å². The molecule has 228 valence electrons. The second-order valence-corrected chi connectivity index (χ2v) is 9.82. The molecule has 0 saturated carbocycles. The van der Waals surface area contributed by atoms with Gasteiger partial charge in [-0.15, -0.1) is 0 Å². The van der Waals surface area contributed by atoms with Crippen molar-refractivity contribution in [2.45, 2.75) is 75.2 Å². The van der Waals surface area contributed by atoms with E-state index in [1.165, 1.54) is 17.4 Å². The monoisotopic (exact) mass is 584 g/mol. The van der Waals surface area contributed by atoms with Gasteiger partial charge < -0.3 is 52.6 Å². The zero-order valence-electron chi connectivity index (χ0n) is 22.7. The number of aromatic amines is 1. The third-order valence-corrected chi connectivity index (χ3v) is 6.66. The quantitative estimate of drug-likeness (QED) is 0.0785. The first-order valence-electron chi connectivity index (χ1n) is 13.3. The molecule has 1 aliphatic heterocycles. The Morgan fingerprint density at radius 3 is 2.32 bits per heavy atom. The molecule has 1 aromatic rings. The number of H-pyrrole nitrogens is 1. The number of carboxylic acids is 2. The minimum atomic E-state index is -1.80. The van der Waals surface area contributed by atoms with Crippen LogP contribution in [0, 0.1) is 0 Å². The van der Waals surface area contributed by atoms with E-state index in [-0.39, 0.29) is 12.3 Å². The van der Waals surface area contributed by atoms with Crippen LogP contribution in [0.2, 0.25) is 0 Å². The van der Waals surface area contributed by atoms with Gasteiger partial charge in [-0.05, 0) is 25.7 Å². The molecule has 4 amide bonds. The Labute approximate surface area is 235 Å². The highest BCUT2D eigenvalue weighted by Gasteiger charge is 2.39. The maximum atomic E-state index is 13.3. The number of aliphatic hydroxyl groups is 1. The Balaban J connectivity index is 2.14. The first-order chi connectivity index (χ1) is 19.5. The Morgan fingerprint density at radius 1 is 1.05 bits per heavy atom. The zero-order chi connectivity index (χ0) is 30.5. The number of aliphatic carboxylic acids is 2. The number of carbonyl (C=O) groups is 6. The SMILES string of the molecule is [NH3+]CCCC[C@H]([NH3+])C(=O)N1CCC[C@H]1C(=O)N[C@@H](Cc1cnc[nH]1)C(=O)N[C@@H](CO)C(=O)N[C@@H](CC(=O)O)C(=O)O. The lowest BCUT2D eigenvalue weighted by Gasteiger charge is -2.28. The van der Waals surface area contributed by atoms with Crippen LogP contribution in [0.3, 0.4) is 0 Å². The van der Waals surface area contributed by atoms with Gasteiger partial charge in [0.05, 0.1) is 25.9 Å². The number of nitrogens with one attached hydrogen (secondary N) is 4. The van der Waals surface area contributed by atoms with E-state index in [2.05, 4.69) is 32.1 Å². The predicted molar refractivity (Wildman–Crippen MR) is 138 cm³/mol. The summed E-state index contributed by atoms with van der Waals surface area (Å²) < 4.78 is 0. The molecule has 2 rings (SSSR count). The van der Waals surface area contributed by atoms with Crippen LogP contribution >= 0.6 is 0 Å². The molecule has 0 aromatic carbocycles. The van der Waals surface area contributed by atoms with Crippen LogP contribution < -0.4 is 27.4 Å². The highest BCUT2D eigenvalue weighted by molar-refractivity contribution is 5.96. The molecule has 41 heavy (non-hydrogen) atoms. The third kappa shape index (κ3) is 10.1. The van der Waals surface area contributed by atoms with Crippen LogP contribution in [0.1, 0.15) is 44.2 Å². The number of rotatable bonds is 17. The van der Waals surface area contributed by atoms with Gasteiger partial charge in [-0.3, -0.25) is 24.0 Å². The van der Waals surface area contributed by atoms with E-state index in [0.717, 1.165) is 19.4 Å². The Morgan fingerprint density at radius 2 is 1.73 bits per heavy atom. The predicted octanol–water partition coefficient (Wildman–Crippen LogP) is -5.03. The molecule has 17 heteroatoms. The third-order valence-electron chi connectivity index (χ3n) is 6.66. The highest BCUT2D eigenvalue weighted by atomic mass is 16.4. The molecule has 5 atom stereocenters. The summed E-state index contributed by atoms with van der Waals surface area (Å²) in [6, 6.07) is -6.08. The normalized spacial score (nSPS) is 17.6. The largest absolute Gasteiger partial charge is 0.481 e. The summed E-state index contributed by atoms with van der Waals surface area (Å²) in [5.74, 6) is -5.95. The minimum absolute atomic E-state index is 0.0855. The number of unbranched alkanes of at least 4 members (excludes halogenated alkanes) is 1. The molecular formula is C24H40N8O9+2. The van der Waals surface area contributed by atoms with Crippen molar-refractivity contribution in [3.63, 3.8) is 0 Å². The average molecular weight is 585 g/mol. The molecule has 2 heterocycles. The molecule has 0 bridgehead atoms. The van der Waals surface area contributed by atoms with E-state index < -0.39 is 72.9 Å². The van der Waals surface area contributed by atoms with Gasteiger partial charge in [0.15, 0.2) is 6.04 Å². The molecule has 17 nitrogen and oxygen atoms in total. The highest BCUT2D eigenvalue weighted by Crippen LogP contribution is 2.19. The van der Waals surface area contributed by atoms with E-state index in [1.54, 1.807) is 0 Å². The number of quaternary nitrogens is 2. The Hall–Kier alpha value is -4.09. The number of carboxylic acid groups (broad SMARTS) is 2. The summed E-state index contributed by atoms with van der Waals surface area (Å²) >= 11 is 0. The van der Waals surface area contributed by atoms with E-state index >= 15 is 0 Å². The van der Waals surface area contributed by atoms with Gasteiger partial charge in [-0.1, -0.05) is 0 Å². The lowest BCUT2D eigenvalue weighted by Crippen LogP contribution is -2.69. The first-order valence-corrected chi connectivity index (χ1v) is 13.3. The van der Waals surface area contributed by atoms with Gasteiger partial charge in [0.2, 0.25) is 17.7 Å². The van der Waals surface area contributed by atoms with Crippen molar-refractivity contribution in [2.75, 3.05) is 19.7 Å². The molecule has 0 spiro atoms. The summed E-state index contributed by atoms with van der Waals surface area (Å²) in [6.07, 6.45) is 4.94. The van der Waals surface area contributed by atoms with Gasteiger partial charge in [0, 0.05) is 31.3 Å². The number of hydrogen-bond acceptors (Lipinski definition) is 8. The molecule has 0 unspecified atom stereocenters. The van der Waals surface area contributed by atoms with Crippen molar-refractivity contribution in [3.05, 3.63) is 18.2 Å². The van der Waals surface area contributed by atoms with Crippen molar-refractivity contribution in [3.8, 4) is 0 Å². The number of likely N-dealkylation sites (tertiary alicyclic amines) is 1. The van der Waals surface area contributed by atoms with Crippen molar-refractivity contribution >= 4 is 35.6 Å². The molecule has 0 radical (unpaired) electrons. The number of aromatic nitrogens is 2. The lowest BCUT2D eigenvalue weighted by atomic mass is 10.1. The van der Waals surface area contributed by atoms with Crippen LogP contribution in [-0.2, 0) is 35.2 Å². The molecule has 1 saturated heterocycles. The maximum Gasteiger partial charge on any atom is 0.326 e. The van der Waals surface area contributed by atoms with E-state index in [4.69, 9.17) is 5.11 Å². The standard InChI is InChI=1S/C24H38N8O9/c25-6-2-1-4-14(26)23(39)32-7-3-5-18(32)22(38)29-15(8-13-10-27-12-28-13)20(36)31-17(11-33)21(37)30-16(24(40)41)9-19(34)35/h10,12,14-18,33H,1-9,11,25-26H2,(H,27,28)(H,29,38)(H,30,37)(H,31,36)(H,34,35)(H,40,41)/p+2/t14-,15-,16-,17-,18-/m0/s1. The Bertz CT molecular complexity index is 1070. The number of carbonyl (C=O) groups excluding carboxylic acids is 4. The van der Waals surface area contributed by atoms with Crippen LogP contribution in [0.4, 0.5) is 0 Å². The van der Waals surface area contributed by atoms with Crippen LogP contribution in [-0.4, -0.2) is 116 Å². The maximum absolute atomic E-state index is 13.3. The van der Waals surface area contributed by atoms with E-state index in [9.17, 15) is 39.0 Å². The molecule has 1 aliphatic rings. The minimum Gasteiger partial charge on any atom is -0.481 e. The number of aliphatic hydroxyl groups excluding tert-OH is 1. The van der Waals surface area contributed by atoms with Crippen molar-refractivity contribution in [1.29, 1.82) is 0 Å². The van der Waals surface area contributed by atoms with Crippen LogP contribution in [0.15, 0.2) is 12.5 Å². The van der Waals surface area contributed by atoms with Crippen LogP contribution in [0.5, 0.6) is 0 Å². The van der Waals surface area contributed by atoms with Crippen molar-refractivity contribution < 1.29 is 55.6 Å². The summed E-state index contributed by atoms with van der Waals surface area (Å²) in [5, 5.41) is 34.6. The van der Waals surface area contributed by atoms with Crippen molar-refractivity contribution in [2.24, 2.45) is 0 Å². The zero-order valence-corrected chi connectivity index (χ0v) is 22.7.